The quantitative estimate of drug-likeness (QED) is 0.814. The number of carbonyl (C=O) groups is 1. The highest BCUT2D eigenvalue weighted by Gasteiger charge is 2.22. The summed E-state index contributed by atoms with van der Waals surface area (Å²) < 4.78 is 0. The fourth-order valence-corrected chi connectivity index (χ4v) is 3.37. The van der Waals surface area contributed by atoms with Crippen LogP contribution in [-0.4, -0.2) is 49.6 Å². The van der Waals surface area contributed by atoms with Crippen LogP contribution in [0.15, 0.2) is 0 Å². The molecule has 0 aromatic carbocycles. The van der Waals surface area contributed by atoms with E-state index in [1.54, 1.807) is 0 Å². The Morgan fingerprint density at radius 3 is 2.70 bits per heavy atom. The van der Waals surface area contributed by atoms with Crippen LogP contribution in [0.1, 0.15) is 45.4 Å². The van der Waals surface area contributed by atoms with E-state index in [1.165, 1.54) is 32.2 Å². The summed E-state index contributed by atoms with van der Waals surface area (Å²) in [6.45, 7) is 7.30. The van der Waals surface area contributed by atoms with Crippen molar-refractivity contribution in [2.75, 3.05) is 32.7 Å². The lowest BCUT2D eigenvalue weighted by molar-refractivity contribution is -0.125. The van der Waals surface area contributed by atoms with Crippen LogP contribution in [0.2, 0.25) is 0 Å². The summed E-state index contributed by atoms with van der Waals surface area (Å²) in [7, 11) is 0. The second kappa shape index (κ2) is 9.59. The van der Waals surface area contributed by atoms with Gasteiger partial charge in [0.15, 0.2) is 0 Å². The third-order valence-electron chi connectivity index (χ3n) is 4.63. The van der Waals surface area contributed by atoms with Gasteiger partial charge in [0.1, 0.15) is 0 Å². The highest BCUT2D eigenvalue weighted by Crippen LogP contribution is 2.18. The highest BCUT2D eigenvalue weighted by molar-refractivity contribution is 5.85. The Morgan fingerprint density at radius 1 is 1.25 bits per heavy atom. The molecule has 2 heterocycles. The molecule has 1 amide bonds. The van der Waals surface area contributed by atoms with Crippen molar-refractivity contribution >= 4 is 18.3 Å². The van der Waals surface area contributed by atoms with Gasteiger partial charge in [-0.05, 0) is 51.7 Å². The molecule has 1 atom stereocenters. The van der Waals surface area contributed by atoms with Gasteiger partial charge in [0.05, 0.1) is 0 Å². The minimum absolute atomic E-state index is 0. The Bertz CT molecular complexity index is 282. The molecule has 118 valence electrons. The zero-order chi connectivity index (χ0) is 13.5. The maximum absolute atomic E-state index is 12.0. The van der Waals surface area contributed by atoms with Gasteiger partial charge in [-0.25, -0.2) is 0 Å². The Balaban J connectivity index is 0.00000200. The molecule has 0 aromatic rings. The number of nitrogens with one attached hydrogen (secondary N) is 2. The summed E-state index contributed by atoms with van der Waals surface area (Å²) in [6, 6.07) is 0.740. The molecule has 2 aliphatic rings. The average molecular weight is 304 g/mol. The first-order valence-electron chi connectivity index (χ1n) is 8.03. The lowest BCUT2D eigenvalue weighted by atomic mass is 9.97. The van der Waals surface area contributed by atoms with E-state index in [1.807, 2.05) is 0 Å². The normalized spacial score (nSPS) is 24.9. The van der Waals surface area contributed by atoms with Crippen LogP contribution in [0.25, 0.3) is 0 Å². The molecule has 1 unspecified atom stereocenters. The van der Waals surface area contributed by atoms with Crippen molar-refractivity contribution in [3.05, 3.63) is 0 Å². The molecule has 2 N–H and O–H groups in total. The SMILES string of the molecule is CCC1CCCCN1CCNC(=O)C1CCNCC1.Cl. The van der Waals surface area contributed by atoms with Gasteiger partial charge in [-0.1, -0.05) is 13.3 Å². The summed E-state index contributed by atoms with van der Waals surface area (Å²) >= 11 is 0. The van der Waals surface area contributed by atoms with E-state index < -0.39 is 0 Å². The first kappa shape index (κ1) is 17.7. The Labute approximate surface area is 129 Å². The van der Waals surface area contributed by atoms with E-state index in [2.05, 4.69) is 22.5 Å². The molecular formula is C15H30ClN3O. The molecule has 0 bridgehead atoms. The number of nitrogens with zero attached hydrogens (tertiary/aromatic N) is 1. The lowest BCUT2D eigenvalue weighted by Crippen LogP contribution is -2.45. The lowest BCUT2D eigenvalue weighted by Gasteiger charge is -2.35. The number of amides is 1. The molecule has 4 nitrogen and oxygen atoms in total. The largest absolute Gasteiger partial charge is 0.355 e. The topological polar surface area (TPSA) is 44.4 Å². The number of hydrogen-bond acceptors (Lipinski definition) is 3. The minimum atomic E-state index is 0. The number of rotatable bonds is 5. The molecule has 2 saturated heterocycles. The van der Waals surface area contributed by atoms with E-state index in [-0.39, 0.29) is 24.2 Å². The fourth-order valence-electron chi connectivity index (χ4n) is 3.37. The average Bonchev–Trinajstić information content (AvgIpc) is 2.48. The van der Waals surface area contributed by atoms with Gasteiger partial charge in [-0.3, -0.25) is 9.69 Å². The van der Waals surface area contributed by atoms with Crippen LogP contribution in [0, 0.1) is 5.92 Å². The van der Waals surface area contributed by atoms with Crippen molar-refractivity contribution in [3.63, 3.8) is 0 Å². The molecule has 0 aromatic heterocycles. The fraction of sp³-hybridized carbons (Fsp3) is 0.933. The zero-order valence-electron chi connectivity index (χ0n) is 12.7. The maximum Gasteiger partial charge on any atom is 0.223 e. The maximum atomic E-state index is 12.0. The molecule has 2 fully saturated rings. The third kappa shape index (κ3) is 5.23. The number of likely N-dealkylation sites (tertiary alicyclic amines) is 1. The van der Waals surface area contributed by atoms with Crippen LogP contribution < -0.4 is 10.6 Å². The van der Waals surface area contributed by atoms with E-state index in [0.717, 1.165) is 45.1 Å². The molecule has 0 aliphatic carbocycles. The molecule has 0 radical (unpaired) electrons. The van der Waals surface area contributed by atoms with E-state index in [0.29, 0.717) is 0 Å². The minimum Gasteiger partial charge on any atom is -0.355 e. The summed E-state index contributed by atoms with van der Waals surface area (Å²) in [4.78, 5) is 14.6. The molecular weight excluding hydrogens is 274 g/mol. The van der Waals surface area contributed by atoms with E-state index >= 15 is 0 Å². The molecule has 0 spiro atoms. The number of carbonyl (C=O) groups excluding carboxylic acids is 1. The molecule has 2 aliphatic heterocycles. The first-order chi connectivity index (χ1) is 9.31. The summed E-state index contributed by atoms with van der Waals surface area (Å²) in [5, 5.41) is 6.44. The Morgan fingerprint density at radius 2 is 2.00 bits per heavy atom. The van der Waals surface area contributed by atoms with Gasteiger partial charge in [0, 0.05) is 25.0 Å². The van der Waals surface area contributed by atoms with Crippen molar-refractivity contribution in [3.8, 4) is 0 Å². The molecule has 20 heavy (non-hydrogen) atoms. The van der Waals surface area contributed by atoms with Crippen LogP contribution >= 0.6 is 12.4 Å². The zero-order valence-corrected chi connectivity index (χ0v) is 13.5. The van der Waals surface area contributed by atoms with Crippen LogP contribution in [0.5, 0.6) is 0 Å². The smallest absolute Gasteiger partial charge is 0.223 e. The van der Waals surface area contributed by atoms with E-state index in [9.17, 15) is 4.79 Å². The number of piperidine rings is 2. The van der Waals surface area contributed by atoms with Crippen molar-refractivity contribution in [2.24, 2.45) is 5.92 Å². The number of halogens is 1. The van der Waals surface area contributed by atoms with Gasteiger partial charge in [-0.2, -0.15) is 0 Å². The molecule has 5 heteroatoms. The Kier molecular flexibility index (Phi) is 8.50. The van der Waals surface area contributed by atoms with Crippen LogP contribution in [0.4, 0.5) is 0 Å². The van der Waals surface area contributed by atoms with Gasteiger partial charge < -0.3 is 10.6 Å². The van der Waals surface area contributed by atoms with Crippen molar-refractivity contribution in [1.29, 1.82) is 0 Å². The predicted octanol–water partition coefficient (Wildman–Crippen LogP) is 1.79. The van der Waals surface area contributed by atoms with Gasteiger partial charge >= 0.3 is 0 Å². The van der Waals surface area contributed by atoms with Gasteiger partial charge in [0.25, 0.3) is 0 Å². The van der Waals surface area contributed by atoms with Gasteiger partial charge in [-0.15, -0.1) is 12.4 Å². The van der Waals surface area contributed by atoms with Crippen LogP contribution in [0.3, 0.4) is 0 Å². The Hall–Kier alpha value is -0.320. The molecule has 0 saturated carbocycles. The highest BCUT2D eigenvalue weighted by atomic mass is 35.5. The monoisotopic (exact) mass is 303 g/mol. The standard InChI is InChI=1S/C15H29N3O.ClH/c1-2-14-5-3-4-11-18(14)12-10-17-15(19)13-6-8-16-9-7-13;/h13-14,16H,2-12H2,1H3,(H,17,19);1H. The second-order valence-electron chi connectivity index (χ2n) is 5.91. The second-order valence-corrected chi connectivity index (χ2v) is 5.91. The molecule has 2 rings (SSSR count). The van der Waals surface area contributed by atoms with Gasteiger partial charge in [0.2, 0.25) is 5.91 Å². The van der Waals surface area contributed by atoms with Crippen molar-refractivity contribution < 1.29 is 4.79 Å². The van der Waals surface area contributed by atoms with Crippen molar-refractivity contribution in [2.45, 2.75) is 51.5 Å². The van der Waals surface area contributed by atoms with Crippen molar-refractivity contribution in [1.82, 2.24) is 15.5 Å². The van der Waals surface area contributed by atoms with Crippen LogP contribution in [-0.2, 0) is 4.79 Å². The summed E-state index contributed by atoms with van der Waals surface area (Å²) in [6.07, 6.45) is 7.25. The number of hydrogen-bond donors (Lipinski definition) is 2. The predicted molar refractivity (Wildman–Crippen MR) is 85.4 cm³/mol. The van der Waals surface area contributed by atoms with E-state index in [4.69, 9.17) is 0 Å². The summed E-state index contributed by atoms with van der Waals surface area (Å²) in [5.41, 5.74) is 0. The first-order valence-corrected chi connectivity index (χ1v) is 8.03. The summed E-state index contributed by atoms with van der Waals surface area (Å²) in [5.74, 6) is 0.510. The third-order valence-corrected chi connectivity index (χ3v) is 4.63.